The molecule has 0 spiro atoms. The van der Waals surface area contributed by atoms with E-state index in [1.54, 1.807) is 0 Å². The van der Waals surface area contributed by atoms with Crippen LogP contribution in [0.2, 0.25) is 0 Å². The Hall–Kier alpha value is -2.14. The minimum absolute atomic E-state index is 0.129. The standard InChI is InChI=1S/C18H21N3O2/c1-12-4-6-13(7-5-12)17-14-11-21(9-8-15(14)19-20-17)18(22)16-3-2-10-23-16/h4-7,16H,2-3,8-11H2,1H3,(H,19,20). The minimum Gasteiger partial charge on any atom is -0.368 e. The largest absolute Gasteiger partial charge is 0.368 e. The van der Waals surface area contributed by atoms with Crippen molar-refractivity contribution in [3.05, 3.63) is 41.1 Å². The quantitative estimate of drug-likeness (QED) is 0.927. The maximum absolute atomic E-state index is 12.6. The molecular formula is C18H21N3O2. The van der Waals surface area contributed by atoms with Crippen LogP contribution in [0.15, 0.2) is 24.3 Å². The smallest absolute Gasteiger partial charge is 0.252 e. The molecule has 0 bridgehead atoms. The Bertz CT molecular complexity index is 714. The number of rotatable bonds is 2. The van der Waals surface area contributed by atoms with Crippen molar-refractivity contribution in [3.63, 3.8) is 0 Å². The maximum Gasteiger partial charge on any atom is 0.252 e. The number of nitrogens with one attached hydrogen (secondary N) is 1. The van der Waals surface area contributed by atoms with E-state index in [1.165, 1.54) is 5.56 Å². The van der Waals surface area contributed by atoms with E-state index in [4.69, 9.17) is 4.74 Å². The van der Waals surface area contributed by atoms with Crippen molar-refractivity contribution < 1.29 is 9.53 Å². The monoisotopic (exact) mass is 311 g/mol. The molecule has 2 aromatic rings. The van der Waals surface area contributed by atoms with Gasteiger partial charge in [0.05, 0.1) is 5.69 Å². The van der Waals surface area contributed by atoms with E-state index in [0.717, 1.165) is 48.3 Å². The van der Waals surface area contributed by atoms with Gasteiger partial charge >= 0.3 is 0 Å². The third kappa shape index (κ3) is 2.65. The first kappa shape index (κ1) is 14.5. The number of amides is 1. The van der Waals surface area contributed by atoms with E-state index < -0.39 is 0 Å². The minimum atomic E-state index is -0.244. The number of hydrogen-bond donors (Lipinski definition) is 1. The number of benzene rings is 1. The van der Waals surface area contributed by atoms with Gasteiger partial charge in [0.2, 0.25) is 0 Å². The van der Waals surface area contributed by atoms with Gasteiger partial charge in [0.1, 0.15) is 6.10 Å². The fourth-order valence-electron chi connectivity index (χ4n) is 3.41. The Kier molecular flexibility index (Phi) is 3.65. The Balaban J connectivity index is 1.59. The molecule has 5 heteroatoms. The molecule has 1 N–H and O–H groups in total. The van der Waals surface area contributed by atoms with Crippen LogP contribution < -0.4 is 0 Å². The van der Waals surface area contributed by atoms with E-state index in [1.807, 2.05) is 4.90 Å². The average molecular weight is 311 g/mol. The van der Waals surface area contributed by atoms with Gasteiger partial charge in [-0.15, -0.1) is 0 Å². The molecule has 1 atom stereocenters. The van der Waals surface area contributed by atoms with Crippen LogP contribution in [0.1, 0.15) is 29.7 Å². The first-order valence-electron chi connectivity index (χ1n) is 8.26. The molecule has 2 aliphatic heterocycles. The van der Waals surface area contributed by atoms with Gasteiger partial charge < -0.3 is 9.64 Å². The van der Waals surface area contributed by atoms with Crippen LogP contribution in [0.3, 0.4) is 0 Å². The van der Waals surface area contributed by atoms with Gasteiger partial charge in [0, 0.05) is 42.9 Å². The van der Waals surface area contributed by atoms with E-state index in [0.29, 0.717) is 13.2 Å². The van der Waals surface area contributed by atoms with Gasteiger partial charge in [-0.3, -0.25) is 9.89 Å². The van der Waals surface area contributed by atoms with E-state index in [-0.39, 0.29) is 12.0 Å². The lowest BCUT2D eigenvalue weighted by Crippen LogP contribution is -2.41. The second-order valence-corrected chi connectivity index (χ2v) is 6.41. The number of H-pyrrole nitrogens is 1. The second kappa shape index (κ2) is 5.81. The zero-order valence-corrected chi connectivity index (χ0v) is 13.3. The number of aryl methyl sites for hydroxylation is 1. The van der Waals surface area contributed by atoms with Crippen LogP contribution in [-0.2, 0) is 22.5 Å². The van der Waals surface area contributed by atoms with Crippen molar-refractivity contribution >= 4 is 5.91 Å². The van der Waals surface area contributed by atoms with Crippen molar-refractivity contribution in [2.45, 2.75) is 38.8 Å². The highest BCUT2D eigenvalue weighted by molar-refractivity contribution is 5.82. The zero-order valence-electron chi connectivity index (χ0n) is 13.3. The summed E-state index contributed by atoms with van der Waals surface area (Å²) in [5.74, 6) is 0.129. The molecular weight excluding hydrogens is 290 g/mol. The summed E-state index contributed by atoms with van der Waals surface area (Å²) in [5.41, 5.74) is 5.58. The van der Waals surface area contributed by atoms with Crippen LogP contribution in [-0.4, -0.2) is 40.3 Å². The molecule has 1 fully saturated rings. The maximum atomic E-state index is 12.6. The summed E-state index contributed by atoms with van der Waals surface area (Å²) in [6.45, 7) is 4.14. The Morgan fingerprint density at radius 2 is 2.17 bits per heavy atom. The SMILES string of the molecule is Cc1ccc(-c2n[nH]c3c2CN(C(=O)C2CCCO2)CC3)cc1. The van der Waals surface area contributed by atoms with Crippen LogP contribution >= 0.6 is 0 Å². The van der Waals surface area contributed by atoms with Crippen molar-refractivity contribution in [1.82, 2.24) is 15.1 Å². The third-order valence-electron chi connectivity index (χ3n) is 4.78. The summed E-state index contributed by atoms with van der Waals surface area (Å²) < 4.78 is 5.55. The summed E-state index contributed by atoms with van der Waals surface area (Å²) in [7, 11) is 0. The van der Waals surface area contributed by atoms with Crippen molar-refractivity contribution in [1.29, 1.82) is 0 Å². The second-order valence-electron chi connectivity index (χ2n) is 6.41. The van der Waals surface area contributed by atoms with Gasteiger partial charge in [-0.05, 0) is 19.8 Å². The van der Waals surface area contributed by atoms with Crippen molar-refractivity contribution in [2.24, 2.45) is 0 Å². The van der Waals surface area contributed by atoms with E-state index in [9.17, 15) is 4.79 Å². The Labute approximate surface area is 135 Å². The average Bonchev–Trinajstić information content (AvgIpc) is 3.24. The fraction of sp³-hybridized carbons (Fsp3) is 0.444. The lowest BCUT2D eigenvalue weighted by atomic mass is 10.00. The number of aromatic nitrogens is 2. The van der Waals surface area contributed by atoms with Crippen molar-refractivity contribution in [2.75, 3.05) is 13.2 Å². The molecule has 1 aromatic carbocycles. The van der Waals surface area contributed by atoms with Gasteiger partial charge in [0.25, 0.3) is 5.91 Å². The molecule has 5 nitrogen and oxygen atoms in total. The molecule has 0 saturated carbocycles. The molecule has 4 rings (SSSR count). The van der Waals surface area contributed by atoms with E-state index >= 15 is 0 Å². The Morgan fingerprint density at radius 1 is 1.35 bits per heavy atom. The molecule has 0 aliphatic carbocycles. The van der Waals surface area contributed by atoms with Crippen LogP contribution in [0.25, 0.3) is 11.3 Å². The van der Waals surface area contributed by atoms with Gasteiger partial charge in [-0.25, -0.2) is 0 Å². The molecule has 3 heterocycles. The first-order valence-corrected chi connectivity index (χ1v) is 8.26. The number of nitrogens with zero attached hydrogens (tertiary/aromatic N) is 2. The summed E-state index contributed by atoms with van der Waals surface area (Å²) in [5, 5.41) is 7.64. The molecule has 1 saturated heterocycles. The molecule has 120 valence electrons. The van der Waals surface area contributed by atoms with Gasteiger partial charge in [-0.1, -0.05) is 29.8 Å². The predicted octanol–water partition coefficient (Wildman–Crippen LogP) is 2.45. The lowest BCUT2D eigenvalue weighted by Gasteiger charge is -2.29. The molecule has 2 aliphatic rings. The van der Waals surface area contributed by atoms with E-state index in [2.05, 4.69) is 41.4 Å². The van der Waals surface area contributed by atoms with Crippen molar-refractivity contribution in [3.8, 4) is 11.3 Å². The third-order valence-corrected chi connectivity index (χ3v) is 4.78. The number of carbonyl (C=O) groups excluding carboxylic acids is 1. The predicted molar refractivity (Wildman–Crippen MR) is 86.9 cm³/mol. The molecule has 1 aromatic heterocycles. The molecule has 1 amide bonds. The Morgan fingerprint density at radius 3 is 2.91 bits per heavy atom. The summed E-state index contributed by atoms with van der Waals surface area (Å²) in [4.78, 5) is 14.5. The topological polar surface area (TPSA) is 58.2 Å². The first-order chi connectivity index (χ1) is 11.2. The van der Waals surface area contributed by atoms with Gasteiger partial charge in [-0.2, -0.15) is 5.10 Å². The van der Waals surface area contributed by atoms with Crippen LogP contribution in [0.4, 0.5) is 0 Å². The lowest BCUT2D eigenvalue weighted by molar-refractivity contribution is -0.141. The number of fused-ring (bicyclic) bond motifs is 1. The summed E-state index contributed by atoms with van der Waals surface area (Å²) in [6.07, 6.45) is 2.41. The normalized spacial score (nSPS) is 20.6. The number of aromatic amines is 1. The zero-order chi connectivity index (χ0) is 15.8. The number of ether oxygens (including phenoxy) is 1. The highest BCUT2D eigenvalue weighted by atomic mass is 16.5. The van der Waals surface area contributed by atoms with Gasteiger partial charge in [0.15, 0.2) is 0 Å². The highest BCUT2D eigenvalue weighted by Crippen LogP contribution is 2.29. The number of carbonyl (C=O) groups is 1. The molecule has 0 radical (unpaired) electrons. The van der Waals surface area contributed by atoms with Crippen LogP contribution in [0, 0.1) is 6.92 Å². The van der Waals surface area contributed by atoms with Crippen LogP contribution in [0.5, 0.6) is 0 Å². The highest BCUT2D eigenvalue weighted by Gasteiger charge is 2.32. The summed E-state index contributed by atoms with van der Waals surface area (Å²) >= 11 is 0. The summed E-state index contributed by atoms with van der Waals surface area (Å²) in [6, 6.07) is 8.36. The number of hydrogen-bond acceptors (Lipinski definition) is 3. The molecule has 1 unspecified atom stereocenters. The molecule has 23 heavy (non-hydrogen) atoms. The fourth-order valence-corrected chi connectivity index (χ4v) is 3.41.